The summed E-state index contributed by atoms with van der Waals surface area (Å²) >= 11 is 9.49. The molecule has 2 fully saturated rings. The number of amides is 1. The maximum absolute atomic E-state index is 15.0. The van der Waals surface area contributed by atoms with Gasteiger partial charge in [-0.3, -0.25) is 4.79 Å². The van der Waals surface area contributed by atoms with Gasteiger partial charge in [0.15, 0.2) is 0 Å². The summed E-state index contributed by atoms with van der Waals surface area (Å²) in [6, 6.07) is 5.49. The van der Waals surface area contributed by atoms with Crippen LogP contribution in [0, 0.1) is 11.8 Å². The Hall–Kier alpha value is -0.650. The molecule has 1 saturated carbocycles. The van der Waals surface area contributed by atoms with Crippen LogP contribution in [0.1, 0.15) is 18.4 Å². The number of carbonyl (C=O) groups is 1. The number of halogens is 3. The van der Waals surface area contributed by atoms with Crippen LogP contribution in [0.25, 0.3) is 0 Å². The summed E-state index contributed by atoms with van der Waals surface area (Å²) in [6.07, 6.45) is 2.06. The standard InChI is InChI=1S/C15H17BrClFN2O/c16-12-3-1-2-10(13(12)17)6-20-14(21)15(18)8-19-7-11(15)9-4-5-9/h1-3,9,11,19H,4-8H2,(H,20,21). The summed E-state index contributed by atoms with van der Waals surface area (Å²) in [7, 11) is 0. The molecule has 2 aliphatic rings. The molecular formula is C15H17BrClFN2O. The number of carbonyl (C=O) groups excluding carboxylic acids is 1. The van der Waals surface area contributed by atoms with Crippen molar-refractivity contribution in [1.29, 1.82) is 0 Å². The summed E-state index contributed by atoms with van der Waals surface area (Å²) in [6.45, 7) is 0.929. The number of hydrogen-bond donors (Lipinski definition) is 2. The molecule has 2 unspecified atom stereocenters. The lowest BCUT2D eigenvalue weighted by Crippen LogP contribution is -2.49. The van der Waals surface area contributed by atoms with E-state index < -0.39 is 11.6 Å². The molecule has 1 aliphatic heterocycles. The molecule has 1 heterocycles. The van der Waals surface area contributed by atoms with E-state index in [1.807, 2.05) is 18.2 Å². The lowest BCUT2D eigenvalue weighted by molar-refractivity contribution is -0.134. The van der Waals surface area contributed by atoms with Crippen molar-refractivity contribution in [2.75, 3.05) is 13.1 Å². The van der Waals surface area contributed by atoms with Gasteiger partial charge >= 0.3 is 0 Å². The molecule has 0 radical (unpaired) electrons. The first-order valence-corrected chi connectivity index (χ1v) is 8.30. The quantitative estimate of drug-likeness (QED) is 0.849. The van der Waals surface area contributed by atoms with E-state index in [1.165, 1.54) is 0 Å². The van der Waals surface area contributed by atoms with Crippen LogP contribution in [0.2, 0.25) is 5.02 Å². The number of hydrogen-bond acceptors (Lipinski definition) is 2. The SMILES string of the molecule is O=C(NCc1cccc(Br)c1Cl)C1(F)CNCC1C1CC1. The van der Waals surface area contributed by atoms with E-state index in [0.29, 0.717) is 17.5 Å². The van der Waals surface area contributed by atoms with E-state index >= 15 is 4.39 Å². The Morgan fingerprint density at radius 2 is 2.29 bits per heavy atom. The van der Waals surface area contributed by atoms with Crippen molar-refractivity contribution in [3.63, 3.8) is 0 Å². The van der Waals surface area contributed by atoms with Gasteiger partial charge in [-0.05, 0) is 46.3 Å². The highest BCUT2D eigenvalue weighted by Crippen LogP contribution is 2.45. The molecule has 2 N–H and O–H groups in total. The Morgan fingerprint density at radius 1 is 1.52 bits per heavy atom. The molecular weight excluding hydrogens is 359 g/mol. The van der Waals surface area contributed by atoms with Crippen LogP contribution in [-0.4, -0.2) is 24.7 Å². The highest BCUT2D eigenvalue weighted by Gasteiger charge is 2.55. The summed E-state index contributed by atoms with van der Waals surface area (Å²) < 4.78 is 15.8. The fraction of sp³-hybridized carbons (Fsp3) is 0.533. The van der Waals surface area contributed by atoms with Crippen LogP contribution in [0.3, 0.4) is 0 Å². The predicted octanol–water partition coefficient (Wildman–Crippen LogP) is 3.06. The number of alkyl halides is 1. The van der Waals surface area contributed by atoms with Gasteiger partial charge in [-0.2, -0.15) is 0 Å². The smallest absolute Gasteiger partial charge is 0.259 e. The van der Waals surface area contributed by atoms with Crippen LogP contribution in [-0.2, 0) is 11.3 Å². The van der Waals surface area contributed by atoms with Gasteiger partial charge in [-0.15, -0.1) is 0 Å². The monoisotopic (exact) mass is 374 g/mol. The van der Waals surface area contributed by atoms with Crippen LogP contribution >= 0.6 is 27.5 Å². The van der Waals surface area contributed by atoms with Gasteiger partial charge < -0.3 is 10.6 Å². The molecule has 2 atom stereocenters. The maximum atomic E-state index is 15.0. The van der Waals surface area contributed by atoms with E-state index in [0.717, 1.165) is 22.9 Å². The van der Waals surface area contributed by atoms with E-state index in [4.69, 9.17) is 11.6 Å². The first-order chi connectivity index (χ1) is 10.0. The zero-order chi connectivity index (χ0) is 15.0. The van der Waals surface area contributed by atoms with E-state index in [9.17, 15) is 4.79 Å². The summed E-state index contributed by atoms with van der Waals surface area (Å²) in [5.41, 5.74) is -1.02. The molecule has 3 nitrogen and oxygen atoms in total. The molecule has 1 aromatic rings. The van der Waals surface area contributed by atoms with Crippen molar-refractivity contribution < 1.29 is 9.18 Å². The molecule has 114 valence electrons. The molecule has 0 spiro atoms. The van der Waals surface area contributed by atoms with Gasteiger partial charge in [-0.1, -0.05) is 23.7 Å². The van der Waals surface area contributed by atoms with Gasteiger partial charge in [0.2, 0.25) is 5.67 Å². The van der Waals surface area contributed by atoms with Gasteiger partial charge in [0.25, 0.3) is 5.91 Å². The second-order valence-corrected chi connectivity index (χ2v) is 7.07. The van der Waals surface area contributed by atoms with Gasteiger partial charge in [0, 0.05) is 30.0 Å². The maximum Gasteiger partial charge on any atom is 0.259 e. The summed E-state index contributed by atoms with van der Waals surface area (Å²) in [5.74, 6) is -0.374. The molecule has 0 aromatic heterocycles. The molecule has 1 aromatic carbocycles. The Balaban J connectivity index is 1.67. The van der Waals surface area contributed by atoms with Crippen molar-refractivity contribution >= 4 is 33.4 Å². The molecule has 3 rings (SSSR count). The topological polar surface area (TPSA) is 41.1 Å². The molecule has 6 heteroatoms. The van der Waals surface area contributed by atoms with Crippen molar-refractivity contribution in [1.82, 2.24) is 10.6 Å². The normalized spacial score (nSPS) is 28.6. The Bertz CT molecular complexity index is 567. The average Bonchev–Trinajstić information content (AvgIpc) is 3.23. The second-order valence-electron chi connectivity index (χ2n) is 5.83. The molecule has 1 saturated heterocycles. The minimum absolute atomic E-state index is 0.103. The highest BCUT2D eigenvalue weighted by molar-refractivity contribution is 9.10. The number of benzene rings is 1. The third kappa shape index (κ3) is 2.96. The lowest BCUT2D eigenvalue weighted by atomic mass is 9.87. The summed E-state index contributed by atoms with van der Waals surface area (Å²) in [4.78, 5) is 12.3. The van der Waals surface area contributed by atoms with Crippen molar-refractivity contribution in [2.45, 2.75) is 25.1 Å². The average molecular weight is 376 g/mol. The zero-order valence-corrected chi connectivity index (χ0v) is 13.8. The zero-order valence-electron chi connectivity index (χ0n) is 11.5. The van der Waals surface area contributed by atoms with Crippen molar-refractivity contribution in [2.24, 2.45) is 11.8 Å². The van der Waals surface area contributed by atoms with E-state index in [1.54, 1.807) is 0 Å². The molecule has 0 bridgehead atoms. The van der Waals surface area contributed by atoms with Gasteiger partial charge in [0.1, 0.15) is 0 Å². The van der Waals surface area contributed by atoms with Gasteiger partial charge in [0.05, 0.1) is 5.02 Å². The third-order valence-electron chi connectivity index (χ3n) is 4.37. The Labute approximate surface area is 136 Å². The highest BCUT2D eigenvalue weighted by atomic mass is 79.9. The third-order valence-corrected chi connectivity index (χ3v) is 5.71. The number of rotatable bonds is 4. The molecule has 1 amide bonds. The van der Waals surface area contributed by atoms with Crippen LogP contribution in [0.4, 0.5) is 4.39 Å². The fourth-order valence-electron chi connectivity index (χ4n) is 3.00. The van der Waals surface area contributed by atoms with Crippen molar-refractivity contribution in [3.8, 4) is 0 Å². The molecule has 21 heavy (non-hydrogen) atoms. The Kier molecular flexibility index (Phi) is 4.26. The fourth-order valence-corrected chi connectivity index (χ4v) is 3.60. The van der Waals surface area contributed by atoms with Gasteiger partial charge in [-0.25, -0.2) is 4.39 Å². The Morgan fingerprint density at radius 3 is 3.00 bits per heavy atom. The van der Waals surface area contributed by atoms with Crippen LogP contribution < -0.4 is 10.6 Å². The van der Waals surface area contributed by atoms with E-state index in [-0.39, 0.29) is 19.0 Å². The first-order valence-electron chi connectivity index (χ1n) is 7.13. The largest absolute Gasteiger partial charge is 0.349 e. The van der Waals surface area contributed by atoms with Crippen LogP contribution in [0.15, 0.2) is 22.7 Å². The first kappa shape index (κ1) is 15.3. The van der Waals surface area contributed by atoms with Crippen molar-refractivity contribution in [3.05, 3.63) is 33.3 Å². The van der Waals surface area contributed by atoms with E-state index in [2.05, 4.69) is 26.6 Å². The summed E-state index contributed by atoms with van der Waals surface area (Å²) in [5, 5.41) is 6.27. The predicted molar refractivity (Wildman–Crippen MR) is 83.9 cm³/mol. The number of nitrogens with one attached hydrogen (secondary N) is 2. The van der Waals surface area contributed by atoms with Crippen LogP contribution in [0.5, 0.6) is 0 Å². The lowest BCUT2D eigenvalue weighted by Gasteiger charge is -2.25. The second kappa shape index (κ2) is 5.86. The minimum Gasteiger partial charge on any atom is -0.349 e. The molecule has 1 aliphatic carbocycles. The minimum atomic E-state index is -1.79.